The molecule has 1 aromatic rings. The van der Waals surface area contributed by atoms with E-state index in [1.165, 1.54) is 0 Å². The zero-order chi connectivity index (χ0) is 13.1. The van der Waals surface area contributed by atoms with Gasteiger partial charge in [-0.25, -0.2) is 0 Å². The fourth-order valence-corrected chi connectivity index (χ4v) is 3.24. The van der Waals surface area contributed by atoms with Gasteiger partial charge < -0.3 is 10.5 Å². The summed E-state index contributed by atoms with van der Waals surface area (Å²) in [5.74, 6) is 0.405. The Morgan fingerprint density at radius 1 is 1.39 bits per heavy atom. The van der Waals surface area contributed by atoms with Crippen molar-refractivity contribution in [2.45, 2.75) is 38.3 Å². The Bertz CT molecular complexity index is 391. The summed E-state index contributed by atoms with van der Waals surface area (Å²) in [6, 6.07) is 5.62. The Hall–Kier alpha value is -0.280. The molecule has 1 fully saturated rings. The van der Waals surface area contributed by atoms with Gasteiger partial charge >= 0.3 is 0 Å². The number of halogens is 2. The second-order valence-corrected chi connectivity index (χ2v) is 5.65. The summed E-state index contributed by atoms with van der Waals surface area (Å²) in [7, 11) is 0. The number of benzene rings is 1. The van der Waals surface area contributed by atoms with Gasteiger partial charge in [0.1, 0.15) is 0 Å². The molecule has 0 radical (unpaired) electrons. The van der Waals surface area contributed by atoms with Gasteiger partial charge in [0.15, 0.2) is 0 Å². The maximum Gasteiger partial charge on any atom is 0.0616 e. The third kappa shape index (κ3) is 3.00. The smallest absolute Gasteiger partial charge is 0.0616 e. The third-order valence-corrected chi connectivity index (χ3v) is 4.42. The summed E-state index contributed by atoms with van der Waals surface area (Å²) in [4.78, 5) is 0. The van der Waals surface area contributed by atoms with Crippen molar-refractivity contribution in [1.29, 1.82) is 0 Å². The highest BCUT2D eigenvalue weighted by Crippen LogP contribution is 2.31. The largest absolute Gasteiger partial charge is 0.378 e. The van der Waals surface area contributed by atoms with Crippen LogP contribution in [-0.2, 0) is 11.2 Å². The highest BCUT2D eigenvalue weighted by atomic mass is 35.5. The summed E-state index contributed by atoms with van der Waals surface area (Å²) in [6.07, 6.45) is 3.03. The fraction of sp³-hybridized carbons (Fsp3) is 0.571. The molecule has 1 saturated heterocycles. The monoisotopic (exact) mass is 287 g/mol. The van der Waals surface area contributed by atoms with Crippen LogP contribution in [0.2, 0.25) is 10.0 Å². The first-order chi connectivity index (χ1) is 8.63. The molecule has 3 atom stereocenters. The lowest BCUT2D eigenvalue weighted by Gasteiger charge is -2.24. The Morgan fingerprint density at radius 2 is 2.06 bits per heavy atom. The van der Waals surface area contributed by atoms with E-state index in [0.29, 0.717) is 22.4 Å². The normalized spacial score (nSPS) is 25.3. The Kier molecular flexibility index (Phi) is 4.91. The molecule has 18 heavy (non-hydrogen) atoms. The maximum absolute atomic E-state index is 6.32. The first-order valence-electron chi connectivity index (χ1n) is 6.43. The van der Waals surface area contributed by atoms with Gasteiger partial charge in [-0.05, 0) is 37.0 Å². The van der Waals surface area contributed by atoms with E-state index in [4.69, 9.17) is 33.7 Å². The summed E-state index contributed by atoms with van der Waals surface area (Å²) in [5, 5.41) is 1.40. The zero-order valence-corrected chi connectivity index (χ0v) is 12.0. The van der Waals surface area contributed by atoms with Gasteiger partial charge in [0.25, 0.3) is 0 Å². The molecule has 0 saturated carbocycles. The summed E-state index contributed by atoms with van der Waals surface area (Å²) >= 11 is 12.4. The highest BCUT2D eigenvalue weighted by molar-refractivity contribution is 6.36. The van der Waals surface area contributed by atoms with Crippen LogP contribution in [0.15, 0.2) is 18.2 Å². The van der Waals surface area contributed by atoms with E-state index in [1.54, 1.807) is 0 Å². The summed E-state index contributed by atoms with van der Waals surface area (Å²) < 4.78 is 5.69. The number of hydrogen-bond donors (Lipinski definition) is 1. The molecule has 2 nitrogen and oxygen atoms in total. The van der Waals surface area contributed by atoms with Crippen molar-refractivity contribution in [3.63, 3.8) is 0 Å². The van der Waals surface area contributed by atoms with Crippen molar-refractivity contribution in [3.8, 4) is 0 Å². The molecule has 2 rings (SSSR count). The van der Waals surface area contributed by atoms with Crippen LogP contribution in [-0.4, -0.2) is 18.8 Å². The van der Waals surface area contributed by atoms with Crippen molar-refractivity contribution in [2.75, 3.05) is 6.61 Å². The van der Waals surface area contributed by atoms with Crippen LogP contribution >= 0.6 is 23.2 Å². The van der Waals surface area contributed by atoms with Crippen molar-refractivity contribution >= 4 is 23.2 Å². The number of rotatable bonds is 4. The highest BCUT2D eigenvalue weighted by Gasteiger charge is 2.32. The molecular weight excluding hydrogens is 269 g/mol. The van der Waals surface area contributed by atoms with Crippen molar-refractivity contribution in [1.82, 2.24) is 0 Å². The minimum atomic E-state index is 0.0508. The van der Waals surface area contributed by atoms with E-state index < -0.39 is 0 Å². The first kappa shape index (κ1) is 14.1. The molecule has 1 aliphatic rings. The predicted octanol–water partition coefficient (Wildman–Crippen LogP) is 3.68. The van der Waals surface area contributed by atoms with Crippen LogP contribution in [0.3, 0.4) is 0 Å². The van der Waals surface area contributed by atoms with Crippen LogP contribution < -0.4 is 5.73 Å². The summed E-state index contributed by atoms with van der Waals surface area (Å²) in [5.41, 5.74) is 7.27. The van der Waals surface area contributed by atoms with Gasteiger partial charge in [0.2, 0.25) is 0 Å². The van der Waals surface area contributed by atoms with Gasteiger partial charge in [-0.2, -0.15) is 0 Å². The second-order valence-electron chi connectivity index (χ2n) is 4.84. The molecule has 100 valence electrons. The van der Waals surface area contributed by atoms with Crippen LogP contribution in [0, 0.1) is 5.92 Å². The fourth-order valence-electron chi connectivity index (χ4n) is 2.69. The lowest BCUT2D eigenvalue weighted by Crippen LogP contribution is -2.37. The minimum absolute atomic E-state index is 0.0508. The predicted molar refractivity (Wildman–Crippen MR) is 76.3 cm³/mol. The molecule has 0 aliphatic carbocycles. The van der Waals surface area contributed by atoms with E-state index in [0.717, 1.165) is 25.0 Å². The average molecular weight is 288 g/mol. The van der Waals surface area contributed by atoms with Crippen molar-refractivity contribution in [3.05, 3.63) is 33.8 Å². The molecular formula is C14H19Cl2NO. The molecule has 0 spiro atoms. The standard InChI is InChI=1S/C14H19Cl2NO/c1-2-14-9(6-7-18-14)13(17)8-10-11(15)4-3-5-12(10)16/h3-5,9,13-14H,2,6-8,17H2,1H3. The van der Waals surface area contributed by atoms with Crippen LogP contribution in [0.25, 0.3) is 0 Å². The van der Waals surface area contributed by atoms with E-state index in [9.17, 15) is 0 Å². The Balaban J connectivity index is 2.09. The van der Waals surface area contributed by atoms with Gasteiger partial charge in [0, 0.05) is 28.6 Å². The molecule has 0 bridgehead atoms. The van der Waals surface area contributed by atoms with Crippen LogP contribution in [0.5, 0.6) is 0 Å². The molecule has 3 unspecified atom stereocenters. The lowest BCUT2D eigenvalue weighted by atomic mass is 9.88. The van der Waals surface area contributed by atoms with Crippen LogP contribution in [0.4, 0.5) is 0 Å². The molecule has 1 aliphatic heterocycles. The second kappa shape index (κ2) is 6.25. The molecule has 0 amide bonds. The topological polar surface area (TPSA) is 35.2 Å². The van der Waals surface area contributed by atoms with Crippen LogP contribution in [0.1, 0.15) is 25.3 Å². The maximum atomic E-state index is 6.32. The lowest BCUT2D eigenvalue weighted by molar-refractivity contribution is 0.0814. The minimum Gasteiger partial charge on any atom is -0.378 e. The average Bonchev–Trinajstić information content (AvgIpc) is 2.82. The van der Waals surface area contributed by atoms with Gasteiger partial charge in [-0.3, -0.25) is 0 Å². The molecule has 2 N–H and O–H groups in total. The van der Waals surface area contributed by atoms with Crippen molar-refractivity contribution < 1.29 is 4.74 Å². The number of hydrogen-bond acceptors (Lipinski definition) is 2. The molecule has 1 heterocycles. The molecule has 0 aromatic heterocycles. The molecule has 1 aromatic carbocycles. The van der Waals surface area contributed by atoms with Gasteiger partial charge in [-0.1, -0.05) is 36.2 Å². The SMILES string of the molecule is CCC1OCCC1C(N)Cc1c(Cl)cccc1Cl. The van der Waals surface area contributed by atoms with E-state index >= 15 is 0 Å². The van der Waals surface area contributed by atoms with E-state index in [-0.39, 0.29) is 12.1 Å². The van der Waals surface area contributed by atoms with E-state index in [1.807, 2.05) is 18.2 Å². The molecule has 4 heteroatoms. The Morgan fingerprint density at radius 3 is 2.67 bits per heavy atom. The number of nitrogens with two attached hydrogens (primary N) is 1. The first-order valence-corrected chi connectivity index (χ1v) is 7.19. The quantitative estimate of drug-likeness (QED) is 0.917. The Labute approximate surface area is 118 Å². The van der Waals surface area contributed by atoms with Gasteiger partial charge in [-0.15, -0.1) is 0 Å². The van der Waals surface area contributed by atoms with Gasteiger partial charge in [0.05, 0.1) is 6.10 Å². The summed E-state index contributed by atoms with van der Waals surface area (Å²) in [6.45, 7) is 2.95. The van der Waals surface area contributed by atoms with Crippen molar-refractivity contribution in [2.24, 2.45) is 11.7 Å². The van der Waals surface area contributed by atoms with E-state index in [2.05, 4.69) is 6.92 Å². The third-order valence-electron chi connectivity index (χ3n) is 3.71. The number of ether oxygens (including phenoxy) is 1. The zero-order valence-electron chi connectivity index (χ0n) is 10.5.